The highest BCUT2D eigenvalue weighted by molar-refractivity contribution is 5.31. The number of ether oxygens (including phenoxy) is 1. The summed E-state index contributed by atoms with van der Waals surface area (Å²) in [5.74, 6) is 2.78. The van der Waals surface area contributed by atoms with Crippen molar-refractivity contribution < 1.29 is 9.84 Å². The van der Waals surface area contributed by atoms with Crippen molar-refractivity contribution in [3.63, 3.8) is 0 Å². The first-order valence-electron chi connectivity index (χ1n) is 3.72. The molecule has 1 saturated heterocycles. The molecular formula is C10H8O2. The highest BCUT2D eigenvalue weighted by Crippen LogP contribution is 2.38. The number of phenolic OH excluding ortho intramolecular Hbond substituents is 1. The Bertz CT molecular complexity index is 321. The average Bonchev–Trinajstić information content (AvgIpc) is 2.85. The predicted octanol–water partition coefficient (Wildman–Crippen LogP) is 1.47. The van der Waals surface area contributed by atoms with Crippen LogP contribution in [0.25, 0.3) is 0 Å². The van der Waals surface area contributed by atoms with Gasteiger partial charge in [0.25, 0.3) is 0 Å². The zero-order chi connectivity index (χ0) is 8.55. The van der Waals surface area contributed by atoms with Crippen molar-refractivity contribution in [1.82, 2.24) is 0 Å². The van der Waals surface area contributed by atoms with Gasteiger partial charge in [0.15, 0.2) is 0 Å². The Morgan fingerprint density at radius 2 is 2.00 bits per heavy atom. The van der Waals surface area contributed by atoms with E-state index < -0.39 is 0 Å². The maximum atomic E-state index is 9.00. The van der Waals surface area contributed by atoms with Gasteiger partial charge in [-0.3, -0.25) is 0 Å². The zero-order valence-electron chi connectivity index (χ0n) is 6.40. The molecule has 2 nitrogen and oxygen atoms in total. The Morgan fingerprint density at radius 3 is 2.50 bits per heavy atom. The number of terminal acetylenes is 1. The first-order valence-corrected chi connectivity index (χ1v) is 3.72. The first-order chi connectivity index (χ1) is 5.81. The summed E-state index contributed by atoms with van der Waals surface area (Å²) >= 11 is 0. The van der Waals surface area contributed by atoms with Crippen LogP contribution < -0.4 is 0 Å². The molecule has 0 saturated carbocycles. The fraction of sp³-hybridized carbons (Fsp3) is 0.200. The molecule has 1 aromatic carbocycles. The molecule has 0 unspecified atom stereocenters. The number of phenols is 1. The van der Waals surface area contributed by atoms with E-state index in [4.69, 9.17) is 16.3 Å². The Labute approximate surface area is 70.8 Å². The van der Waals surface area contributed by atoms with Gasteiger partial charge >= 0.3 is 0 Å². The Hall–Kier alpha value is -1.46. The number of hydrogen-bond donors (Lipinski definition) is 1. The van der Waals surface area contributed by atoms with E-state index in [-0.39, 0.29) is 18.0 Å². The Balaban J connectivity index is 2.17. The minimum Gasteiger partial charge on any atom is -0.508 e. The Kier molecular flexibility index (Phi) is 1.53. The summed E-state index contributed by atoms with van der Waals surface area (Å²) in [4.78, 5) is 0. The fourth-order valence-corrected chi connectivity index (χ4v) is 1.16. The third kappa shape index (κ3) is 1.15. The van der Waals surface area contributed by atoms with E-state index in [0.717, 1.165) is 5.56 Å². The minimum atomic E-state index is -0.0745. The molecule has 60 valence electrons. The second-order valence-electron chi connectivity index (χ2n) is 2.74. The highest BCUT2D eigenvalue weighted by atomic mass is 16.6. The number of aromatic hydroxyl groups is 1. The van der Waals surface area contributed by atoms with Crippen LogP contribution in [0, 0.1) is 12.3 Å². The van der Waals surface area contributed by atoms with Crippen molar-refractivity contribution in [2.75, 3.05) is 0 Å². The van der Waals surface area contributed by atoms with Gasteiger partial charge in [-0.2, -0.15) is 0 Å². The van der Waals surface area contributed by atoms with Crippen LogP contribution in [0.2, 0.25) is 0 Å². The first kappa shape index (κ1) is 7.20. The van der Waals surface area contributed by atoms with E-state index in [1.54, 1.807) is 12.1 Å². The van der Waals surface area contributed by atoms with Gasteiger partial charge in [-0.1, -0.05) is 18.1 Å². The molecule has 1 aliphatic heterocycles. The summed E-state index contributed by atoms with van der Waals surface area (Å²) in [6.07, 6.45) is 5.13. The zero-order valence-corrected chi connectivity index (χ0v) is 6.40. The van der Waals surface area contributed by atoms with Crippen molar-refractivity contribution in [3.05, 3.63) is 29.8 Å². The lowest BCUT2D eigenvalue weighted by atomic mass is 10.1. The molecule has 2 rings (SSSR count). The van der Waals surface area contributed by atoms with E-state index in [0.29, 0.717) is 0 Å². The maximum absolute atomic E-state index is 9.00. The molecule has 0 amide bonds. The second kappa shape index (κ2) is 2.54. The molecule has 2 heteroatoms. The normalized spacial score (nSPS) is 26.2. The molecule has 1 aromatic rings. The third-order valence-electron chi connectivity index (χ3n) is 1.88. The van der Waals surface area contributed by atoms with E-state index in [2.05, 4.69) is 5.92 Å². The smallest absolute Gasteiger partial charge is 0.149 e. The molecule has 1 heterocycles. The van der Waals surface area contributed by atoms with Crippen LogP contribution in [0.1, 0.15) is 11.7 Å². The summed E-state index contributed by atoms with van der Waals surface area (Å²) in [5, 5.41) is 9.00. The lowest BCUT2D eigenvalue weighted by Gasteiger charge is -1.94. The molecule has 2 atom stereocenters. The third-order valence-corrected chi connectivity index (χ3v) is 1.88. The quantitative estimate of drug-likeness (QED) is 0.498. The van der Waals surface area contributed by atoms with Crippen LogP contribution in [0.15, 0.2) is 24.3 Å². The van der Waals surface area contributed by atoms with Crippen molar-refractivity contribution in [3.8, 4) is 18.1 Å². The van der Waals surface area contributed by atoms with E-state index >= 15 is 0 Å². The van der Waals surface area contributed by atoms with Gasteiger partial charge in [-0.15, -0.1) is 6.42 Å². The van der Waals surface area contributed by atoms with Gasteiger partial charge in [-0.25, -0.2) is 0 Å². The highest BCUT2D eigenvalue weighted by Gasteiger charge is 2.38. The molecule has 0 aliphatic carbocycles. The molecule has 0 bridgehead atoms. The summed E-state index contributed by atoms with van der Waals surface area (Å²) in [6.45, 7) is 0. The van der Waals surface area contributed by atoms with Crippen LogP contribution in [0.3, 0.4) is 0 Å². The molecule has 1 aliphatic rings. The van der Waals surface area contributed by atoms with Gasteiger partial charge in [-0.05, 0) is 17.7 Å². The van der Waals surface area contributed by atoms with Gasteiger partial charge in [0.1, 0.15) is 18.0 Å². The van der Waals surface area contributed by atoms with E-state index in [9.17, 15) is 0 Å². The summed E-state index contributed by atoms with van der Waals surface area (Å²) < 4.78 is 5.17. The van der Waals surface area contributed by atoms with Gasteiger partial charge in [0.2, 0.25) is 0 Å². The van der Waals surface area contributed by atoms with Gasteiger partial charge < -0.3 is 9.84 Å². The standard InChI is InChI=1S/C10H8O2/c1-2-9-10(12-9)7-3-5-8(11)6-4-7/h1,3-6,9-11H/t9-,10-/m0/s1. The number of rotatable bonds is 1. The number of epoxide rings is 1. The van der Waals surface area contributed by atoms with Crippen molar-refractivity contribution in [2.45, 2.75) is 12.2 Å². The topological polar surface area (TPSA) is 32.8 Å². The molecule has 12 heavy (non-hydrogen) atoms. The van der Waals surface area contributed by atoms with Crippen LogP contribution in [-0.2, 0) is 4.74 Å². The van der Waals surface area contributed by atoms with Crippen LogP contribution >= 0.6 is 0 Å². The summed E-state index contributed by atoms with van der Waals surface area (Å²) in [5.41, 5.74) is 1.02. The summed E-state index contributed by atoms with van der Waals surface area (Å²) in [6, 6.07) is 6.89. The van der Waals surface area contributed by atoms with Crippen LogP contribution in [0.5, 0.6) is 5.75 Å². The minimum absolute atomic E-state index is 0.0376. The predicted molar refractivity (Wildman–Crippen MR) is 44.6 cm³/mol. The second-order valence-corrected chi connectivity index (χ2v) is 2.74. The van der Waals surface area contributed by atoms with Gasteiger partial charge in [0.05, 0.1) is 0 Å². The Morgan fingerprint density at radius 1 is 1.33 bits per heavy atom. The van der Waals surface area contributed by atoms with Crippen LogP contribution in [0.4, 0.5) is 0 Å². The van der Waals surface area contributed by atoms with Gasteiger partial charge in [0, 0.05) is 0 Å². The molecular weight excluding hydrogens is 152 g/mol. The lowest BCUT2D eigenvalue weighted by molar-refractivity contribution is 0.397. The maximum Gasteiger partial charge on any atom is 0.149 e. The summed E-state index contributed by atoms with van der Waals surface area (Å²) in [7, 11) is 0. The lowest BCUT2D eigenvalue weighted by Crippen LogP contribution is -1.83. The average molecular weight is 160 g/mol. The van der Waals surface area contributed by atoms with Crippen molar-refractivity contribution in [2.24, 2.45) is 0 Å². The molecule has 0 radical (unpaired) electrons. The fourth-order valence-electron chi connectivity index (χ4n) is 1.16. The van der Waals surface area contributed by atoms with Crippen LogP contribution in [-0.4, -0.2) is 11.2 Å². The molecule has 1 fully saturated rings. The largest absolute Gasteiger partial charge is 0.508 e. The molecule has 1 N–H and O–H groups in total. The van der Waals surface area contributed by atoms with E-state index in [1.807, 2.05) is 12.1 Å². The van der Waals surface area contributed by atoms with Crippen molar-refractivity contribution in [1.29, 1.82) is 0 Å². The number of benzene rings is 1. The molecule has 0 spiro atoms. The number of hydrogen-bond acceptors (Lipinski definition) is 2. The molecule has 0 aromatic heterocycles. The SMILES string of the molecule is C#C[C@@H]1O[C@H]1c1ccc(O)cc1. The van der Waals surface area contributed by atoms with Crippen molar-refractivity contribution >= 4 is 0 Å². The monoisotopic (exact) mass is 160 g/mol. The van der Waals surface area contributed by atoms with E-state index in [1.165, 1.54) is 0 Å².